The SMILES string of the molecule is CCCCCCCCCCNCC(Cl)=CCl. The van der Waals surface area contributed by atoms with Crippen LogP contribution in [0.1, 0.15) is 58.3 Å². The normalized spacial score (nSPS) is 12.1. The van der Waals surface area contributed by atoms with Gasteiger partial charge in [0.2, 0.25) is 0 Å². The van der Waals surface area contributed by atoms with Gasteiger partial charge in [-0.15, -0.1) is 0 Å². The molecule has 0 rings (SSSR count). The van der Waals surface area contributed by atoms with Crippen molar-refractivity contribution in [3.63, 3.8) is 0 Å². The van der Waals surface area contributed by atoms with Crippen molar-refractivity contribution in [1.29, 1.82) is 0 Å². The maximum absolute atomic E-state index is 5.74. The Kier molecular flexibility index (Phi) is 13.6. The molecule has 0 unspecified atom stereocenters. The molecular formula is C13H25Cl2N. The van der Waals surface area contributed by atoms with Crippen molar-refractivity contribution in [1.82, 2.24) is 5.32 Å². The maximum Gasteiger partial charge on any atom is 0.0431 e. The summed E-state index contributed by atoms with van der Waals surface area (Å²) in [4.78, 5) is 0. The van der Waals surface area contributed by atoms with E-state index in [2.05, 4.69) is 12.2 Å². The van der Waals surface area contributed by atoms with E-state index in [0.717, 1.165) is 6.54 Å². The second kappa shape index (κ2) is 13.3. The van der Waals surface area contributed by atoms with Crippen LogP contribution in [-0.2, 0) is 0 Å². The highest BCUT2D eigenvalue weighted by molar-refractivity contribution is 6.36. The predicted octanol–water partition coefficient (Wildman–Crippen LogP) is 5.04. The third kappa shape index (κ3) is 12.4. The van der Waals surface area contributed by atoms with Crippen molar-refractivity contribution in [3.8, 4) is 0 Å². The number of hydrogen-bond donors (Lipinski definition) is 1. The molecule has 0 aliphatic heterocycles. The van der Waals surface area contributed by atoms with Gasteiger partial charge in [-0.2, -0.15) is 0 Å². The van der Waals surface area contributed by atoms with Crippen LogP contribution in [-0.4, -0.2) is 13.1 Å². The summed E-state index contributed by atoms with van der Waals surface area (Å²) >= 11 is 11.2. The largest absolute Gasteiger partial charge is 0.312 e. The number of rotatable bonds is 11. The highest BCUT2D eigenvalue weighted by Crippen LogP contribution is 2.08. The zero-order chi connectivity index (χ0) is 12.1. The summed E-state index contributed by atoms with van der Waals surface area (Å²) in [6, 6.07) is 0. The summed E-state index contributed by atoms with van der Waals surface area (Å²) in [6.07, 6.45) is 10.9. The van der Waals surface area contributed by atoms with Gasteiger partial charge >= 0.3 is 0 Å². The number of nitrogens with one attached hydrogen (secondary N) is 1. The van der Waals surface area contributed by atoms with Crippen LogP contribution in [0.5, 0.6) is 0 Å². The van der Waals surface area contributed by atoms with Crippen molar-refractivity contribution in [3.05, 3.63) is 10.6 Å². The van der Waals surface area contributed by atoms with Crippen molar-refractivity contribution < 1.29 is 0 Å². The standard InChI is InChI=1S/C13H25Cl2N/c1-2-3-4-5-6-7-8-9-10-16-12-13(15)11-14/h11,16H,2-10,12H2,1H3. The van der Waals surface area contributed by atoms with Gasteiger partial charge in [-0.3, -0.25) is 0 Å². The molecule has 96 valence electrons. The Bertz CT molecular complexity index is 169. The Morgan fingerprint density at radius 3 is 2.12 bits per heavy atom. The van der Waals surface area contributed by atoms with Gasteiger partial charge < -0.3 is 5.32 Å². The summed E-state index contributed by atoms with van der Waals surface area (Å²) in [7, 11) is 0. The van der Waals surface area contributed by atoms with Gasteiger partial charge in [-0.25, -0.2) is 0 Å². The number of hydrogen-bond acceptors (Lipinski definition) is 1. The second-order valence-electron chi connectivity index (χ2n) is 4.21. The van der Waals surface area contributed by atoms with E-state index < -0.39 is 0 Å². The van der Waals surface area contributed by atoms with Crippen LogP contribution in [0.25, 0.3) is 0 Å². The van der Waals surface area contributed by atoms with Gasteiger partial charge in [-0.1, -0.05) is 75.1 Å². The molecule has 0 spiro atoms. The number of halogens is 2. The molecule has 16 heavy (non-hydrogen) atoms. The lowest BCUT2D eigenvalue weighted by atomic mass is 10.1. The van der Waals surface area contributed by atoms with Crippen LogP contribution < -0.4 is 5.32 Å². The first kappa shape index (κ1) is 16.3. The van der Waals surface area contributed by atoms with E-state index in [9.17, 15) is 0 Å². The Labute approximate surface area is 111 Å². The first-order valence-corrected chi connectivity index (χ1v) is 7.28. The van der Waals surface area contributed by atoms with E-state index in [0.29, 0.717) is 11.6 Å². The fraction of sp³-hybridized carbons (Fsp3) is 0.846. The number of unbranched alkanes of at least 4 members (excludes halogenated alkanes) is 7. The minimum Gasteiger partial charge on any atom is -0.312 e. The van der Waals surface area contributed by atoms with Crippen LogP contribution in [0.2, 0.25) is 0 Å². The fourth-order valence-corrected chi connectivity index (χ4v) is 1.80. The average molecular weight is 266 g/mol. The second-order valence-corrected chi connectivity index (χ2v) is 4.91. The highest BCUT2D eigenvalue weighted by atomic mass is 35.5. The molecule has 3 heteroatoms. The molecule has 0 aliphatic carbocycles. The molecule has 0 saturated carbocycles. The molecule has 0 heterocycles. The average Bonchev–Trinajstić information content (AvgIpc) is 2.31. The first-order valence-electron chi connectivity index (χ1n) is 6.46. The molecule has 0 saturated heterocycles. The zero-order valence-corrected chi connectivity index (χ0v) is 11.9. The molecule has 0 bridgehead atoms. The molecule has 0 aliphatic rings. The van der Waals surface area contributed by atoms with Crippen LogP contribution in [0.4, 0.5) is 0 Å². The monoisotopic (exact) mass is 265 g/mol. The van der Waals surface area contributed by atoms with Gasteiger partial charge in [0.05, 0.1) is 0 Å². The summed E-state index contributed by atoms with van der Waals surface area (Å²) in [5.74, 6) is 0. The molecule has 1 N–H and O–H groups in total. The molecule has 0 radical (unpaired) electrons. The molecule has 0 aromatic carbocycles. The van der Waals surface area contributed by atoms with Gasteiger partial charge in [-0.05, 0) is 13.0 Å². The molecule has 1 nitrogen and oxygen atoms in total. The Hall–Kier alpha value is 0.280. The zero-order valence-electron chi connectivity index (χ0n) is 10.4. The molecule has 0 atom stereocenters. The molecule has 0 amide bonds. The first-order chi connectivity index (χ1) is 7.81. The maximum atomic E-state index is 5.74. The van der Waals surface area contributed by atoms with E-state index in [4.69, 9.17) is 23.2 Å². The van der Waals surface area contributed by atoms with Crippen molar-refractivity contribution in [2.24, 2.45) is 0 Å². The Balaban J connectivity index is 2.99. The minimum absolute atomic E-state index is 0.682. The van der Waals surface area contributed by atoms with E-state index in [1.165, 1.54) is 56.9 Å². The van der Waals surface area contributed by atoms with Crippen LogP contribution in [0.3, 0.4) is 0 Å². The van der Waals surface area contributed by atoms with E-state index in [-0.39, 0.29) is 0 Å². The lowest BCUT2D eigenvalue weighted by molar-refractivity contribution is 0.562. The summed E-state index contributed by atoms with van der Waals surface area (Å²) in [5, 5.41) is 3.94. The summed E-state index contributed by atoms with van der Waals surface area (Å²) in [6.45, 7) is 3.99. The fourth-order valence-electron chi connectivity index (χ4n) is 1.63. The smallest absolute Gasteiger partial charge is 0.0431 e. The van der Waals surface area contributed by atoms with E-state index in [1.807, 2.05) is 0 Å². The highest BCUT2D eigenvalue weighted by Gasteiger charge is 1.93. The van der Waals surface area contributed by atoms with E-state index >= 15 is 0 Å². The van der Waals surface area contributed by atoms with E-state index in [1.54, 1.807) is 0 Å². The van der Waals surface area contributed by atoms with Gasteiger partial charge in [0.25, 0.3) is 0 Å². The predicted molar refractivity (Wildman–Crippen MR) is 75.3 cm³/mol. The summed E-state index contributed by atoms with van der Waals surface area (Å²) in [5.41, 5.74) is 1.42. The topological polar surface area (TPSA) is 12.0 Å². The third-order valence-electron chi connectivity index (χ3n) is 2.62. The quantitative estimate of drug-likeness (QED) is 0.517. The lowest BCUT2D eigenvalue weighted by Crippen LogP contribution is -2.16. The summed E-state index contributed by atoms with van der Waals surface area (Å²) < 4.78 is 0. The van der Waals surface area contributed by atoms with Crippen LogP contribution in [0, 0.1) is 0 Å². The van der Waals surface area contributed by atoms with Crippen LogP contribution >= 0.6 is 23.2 Å². The van der Waals surface area contributed by atoms with Gasteiger partial charge in [0.15, 0.2) is 0 Å². The van der Waals surface area contributed by atoms with Crippen molar-refractivity contribution in [2.45, 2.75) is 58.3 Å². The van der Waals surface area contributed by atoms with Crippen LogP contribution in [0.15, 0.2) is 10.6 Å². The minimum atomic E-state index is 0.682. The van der Waals surface area contributed by atoms with Crippen molar-refractivity contribution in [2.75, 3.05) is 13.1 Å². The van der Waals surface area contributed by atoms with Gasteiger partial charge in [0.1, 0.15) is 0 Å². The molecule has 0 aromatic rings. The molecular weight excluding hydrogens is 241 g/mol. The van der Waals surface area contributed by atoms with Crippen molar-refractivity contribution >= 4 is 23.2 Å². The lowest BCUT2D eigenvalue weighted by Gasteiger charge is -2.03. The third-order valence-corrected chi connectivity index (χ3v) is 3.24. The van der Waals surface area contributed by atoms with Gasteiger partial charge in [0, 0.05) is 17.1 Å². The Morgan fingerprint density at radius 2 is 1.56 bits per heavy atom. The Morgan fingerprint density at radius 1 is 1.00 bits per heavy atom. The molecule has 0 fully saturated rings. The molecule has 0 aromatic heterocycles.